The van der Waals surface area contributed by atoms with Crippen molar-refractivity contribution in [2.75, 3.05) is 18.4 Å². The van der Waals surface area contributed by atoms with Gasteiger partial charge in [-0.15, -0.1) is 0 Å². The van der Waals surface area contributed by atoms with Crippen molar-refractivity contribution in [3.05, 3.63) is 23.9 Å². The predicted molar refractivity (Wildman–Crippen MR) is 69.2 cm³/mol. The van der Waals surface area contributed by atoms with E-state index < -0.39 is 12.5 Å². The molecular weight excluding hydrogens is 229 g/mol. The maximum atomic E-state index is 12.3. The van der Waals surface area contributed by atoms with Gasteiger partial charge >= 0.3 is 7.05 Å². The molecule has 2 aliphatic heterocycles. The van der Waals surface area contributed by atoms with Crippen molar-refractivity contribution >= 4 is 18.8 Å². The van der Waals surface area contributed by atoms with Crippen molar-refractivity contribution in [1.82, 2.24) is 9.79 Å². The maximum absolute atomic E-state index is 12.3. The number of anilines is 1. The van der Waals surface area contributed by atoms with Crippen LogP contribution < -0.4 is 5.32 Å². The van der Waals surface area contributed by atoms with Crippen LogP contribution >= 0.6 is 0 Å². The number of rotatable bonds is 1. The molecule has 1 amide bonds. The minimum absolute atomic E-state index is 0.0569. The van der Waals surface area contributed by atoms with Gasteiger partial charge in [-0.1, -0.05) is 6.07 Å². The Kier molecular flexibility index (Phi) is 2.64. The summed E-state index contributed by atoms with van der Waals surface area (Å²) in [5.74, 6) is 0.759. The molecule has 0 aromatic carbocycles. The Labute approximate surface area is 106 Å². The van der Waals surface area contributed by atoms with Crippen LogP contribution in [0.4, 0.5) is 5.82 Å². The SMILES string of the molecule is CB(O)N1CCC2(CC1)C(=O)Nc1ncccc12. The highest BCUT2D eigenvalue weighted by atomic mass is 16.2. The lowest BCUT2D eigenvalue weighted by Crippen LogP contribution is -2.50. The van der Waals surface area contributed by atoms with E-state index in [0.29, 0.717) is 5.82 Å². The lowest BCUT2D eigenvalue weighted by molar-refractivity contribution is -0.122. The molecule has 18 heavy (non-hydrogen) atoms. The van der Waals surface area contributed by atoms with Crippen LogP contribution in [0.5, 0.6) is 0 Å². The number of pyridine rings is 1. The average molecular weight is 245 g/mol. The van der Waals surface area contributed by atoms with Crippen molar-refractivity contribution in [2.45, 2.75) is 25.1 Å². The molecule has 0 saturated carbocycles. The van der Waals surface area contributed by atoms with Gasteiger partial charge in [0.1, 0.15) is 5.82 Å². The van der Waals surface area contributed by atoms with Gasteiger partial charge in [-0.3, -0.25) is 4.79 Å². The molecule has 2 N–H and O–H groups in total. The summed E-state index contributed by atoms with van der Waals surface area (Å²) >= 11 is 0. The number of carbonyl (C=O) groups excluding carboxylic acids is 1. The average Bonchev–Trinajstić information content (AvgIpc) is 2.64. The van der Waals surface area contributed by atoms with E-state index in [2.05, 4.69) is 10.3 Å². The summed E-state index contributed by atoms with van der Waals surface area (Å²) < 4.78 is 0. The van der Waals surface area contributed by atoms with Crippen molar-refractivity contribution < 1.29 is 9.82 Å². The van der Waals surface area contributed by atoms with Crippen LogP contribution in [0.15, 0.2) is 18.3 Å². The molecule has 0 atom stereocenters. The lowest BCUT2D eigenvalue weighted by atomic mass is 9.71. The van der Waals surface area contributed by atoms with Crippen LogP contribution in [0.1, 0.15) is 18.4 Å². The minimum Gasteiger partial charge on any atom is -0.437 e. The van der Waals surface area contributed by atoms with Gasteiger partial charge in [0.2, 0.25) is 5.91 Å². The third kappa shape index (κ3) is 1.56. The first kappa shape index (κ1) is 11.7. The summed E-state index contributed by atoms with van der Waals surface area (Å²) in [6.07, 6.45) is 3.17. The number of piperidine rings is 1. The topological polar surface area (TPSA) is 65.5 Å². The molecule has 1 aromatic rings. The fourth-order valence-corrected chi connectivity index (χ4v) is 3.02. The standard InChI is InChI=1S/C12H16BN3O2/c1-13(18)16-7-4-12(5-8-16)9-3-2-6-14-10(9)15-11(12)17/h2-3,6,18H,4-5,7-8H2,1H3,(H,14,15,17). The number of hydrogen-bond donors (Lipinski definition) is 2. The van der Waals surface area contributed by atoms with Gasteiger partial charge in [0.15, 0.2) is 0 Å². The quantitative estimate of drug-likeness (QED) is 0.706. The van der Waals surface area contributed by atoms with Gasteiger partial charge in [0.25, 0.3) is 0 Å². The van der Waals surface area contributed by atoms with Crippen LogP contribution in [-0.4, -0.2) is 40.9 Å². The third-order valence-electron chi connectivity index (χ3n) is 4.17. The van der Waals surface area contributed by atoms with E-state index in [1.54, 1.807) is 13.0 Å². The number of carbonyl (C=O) groups is 1. The molecule has 6 heteroatoms. The number of amides is 1. The van der Waals surface area contributed by atoms with Gasteiger partial charge in [-0.05, 0) is 38.8 Å². The van der Waals surface area contributed by atoms with Crippen LogP contribution in [0.25, 0.3) is 0 Å². The van der Waals surface area contributed by atoms with Crippen LogP contribution in [0, 0.1) is 0 Å². The molecule has 3 heterocycles. The van der Waals surface area contributed by atoms with Crippen molar-refractivity contribution in [1.29, 1.82) is 0 Å². The monoisotopic (exact) mass is 245 g/mol. The van der Waals surface area contributed by atoms with Crippen LogP contribution in [-0.2, 0) is 10.2 Å². The number of fused-ring (bicyclic) bond motifs is 2. The molecule has 2 aliphatic rings. The zero-order chi connectivity index (χ0) is 12.8. The number of hydrogen-bond acceptors (Lipinski definition) is 4. The highest BCUT2D eigenvalue weighted by Crippen LogP contribution is 2.43. The van der Waals surface area contributed by atoms with Crippen molar-refractivity contribution in [3.63, 3.8) is 0 Å². The summed E-state index contributed by atoms with van der Waals surface area (Å²) in [5, 5.41) is 12.5. The Morgan fingerprint density at radius 3 is 2.89 bits per heavy atom. The zero-order valence-electron chi connectivity index (χ0n) is 10.4. The maximum Gasteiger partial charge on any atom is 0.376 e. The van der Waals surface area contributed by atoms with E-state index in [9.17, 15) is 9.82 Å². The summed E-state index contributed by atoms with van der Waals surface area (Å²) in [6, 6.07) is 3.86. The van der Waals surface area contributed by atoms with Crippen molar-refractivity contribution in [3.8, 4) is 0 Å². The molecule has 1 aromatic heterocycles. The van der Waals surface area contributed by atoms with E-state index in [1.165, 1.54) is 0 Å². The Hall–Kier alpha value is -1.40. The van der Waals surface area contributed by atoms with Gasteiger partial charge in [-0.2, -0.15) is 0 Å². The minimum atomic E-state index is -0.444. The number of aromatic nitrogens is 1. The van der Waals surface area contributed by atoms with E-state index in [0.717, 1.165) is 31.5 Å². The van der Waals surface area contributed by atoms with Gasteiger partial charge in [0.05, 0.1) is 5.41 Å². The molecule has 1 spiro atoms. The Morgan fingerprint density at radius 1 is 1.50 bits per heavy atom. The highest BCUT2D eigenvalue weighted by molar-refractivity contribution is 6.45. The van der Waals surface area contributed by atoms with E-state index >= 15 is 0 Å². The van der Waals surface area contributed by atoms with Gasteiger partial charge in [0, 0.05) is 11.8 Å². The first-order chi connectivity index (χ1) is 8.63. The molecule has 1 saturated heterocycles. The lowest BCUT2D eigenvalue weighted by Gasteiger charge is -2.38. The molecule has 0 aliphatic carbocycles. The Bertz CT molecular complexity index is 484. The molecule has 0 radical (unpaired) electrons. The van der Waals surface area contributed by atoms with Gasteiger partial charge < -0.3 is 15.2 Å². The smallest absolute Gasteiger partial charge is 0.376 e. The predicted octanol–water partition coefficient (Wildman–Crippen LogP) is 0.478. The molecule has 5 nitrogen and oxygen atoms in total. The number of nitrogens with one attached hydrogen (secondary N) is 1. The molecular formula is C12H16BN3O2. The van der Waals surface area contributed by atoms with Crippen molar-refractivity contribution in [2.24, 2.45) is 0 Å². The fourth-order valence-electron chi connectivity index (χ4n) is 3.02. The highest BCUT2D eigenvalue weighted by Gasteiger charge is 2.49. The largest absolute Gasteiger partial charge is 0.437 e. The van der Waals surface area contributed by atoms with Crippen LogP contribution in [0.2, 0.25) is 6.82 Å². The zero-order valence-corrected chi connectivity index (χ0v) is 10.4. The molecule has 94 valence electrons. The fraction of sp³-hybridized carbons (Fsp3) is 0.500. The summed E-state index contributed by atoms with van der Waals surface area (Å²) in [6.45, 7) is 3.24. The third-order valence-corrected chi connectivity index (χ3v) is 4.17. The van der Waals surface area contributed by atoms with E-state index in [-0.39, 0.29) is 5.91 Å². The Morgan fingerprint density at radius 2 is 2.22 bits per heavy atom. The molecule has 0 unspecified atom stereocenters. The normalized spacial score (nSPS) is 21.8. The summed E-state index contributed by atoms with van der Waals surface area (Å²) in [4.78, 5) is 18.5. The summed E-state index contributed by atoms with van der Waals surface area (Å²) in [7, 11) is -0.444. The first-order valence-electron chi connectivity index (χ1n) is 6.32. The number of nitrogens with zero attached hydrogens (tertiary/aromatic N) is 2. The second kappa shape index (κ2) is 4.07. The van der Waals surface area contributed by atoms with Gasteiger partial charge in [-0.25, -0.2) is 4.98 Å². The first-order valence-corrected chi connectivity index (χ1v) is 6.32. The van der Waals surface area contributed by atoms with E-state index in [4.69, 9.17) is 0 Å². The van der Waals surface area contributed by atoms with E-state index in [1.807, 2.05) is 16.9 Å². The molecule has 1 fully saturated rings. The second-order valence-electron chi connectivity index (χ2n) is 5.10. The molecule has 3 rings (SSSR count). The van der Waals surface area contributed by atoms with Crippen LogP contribution in [0.3, 0.4) is 0 Å². The Balaban J connectivity index is 1.91. The second-order valence-corrected chi connectivity index (χ2v) is 5.10. The molecule has 0 bridgehead atoms. The summed E-state index contributed by atoms with van der Waals surface area (Å²) in [5.41, 5.74) is 0.579.